The Bertz CT molecular complexity index is 896. The number of nitro benzene ring substituents is 1. The lowest BCUT2D eigenvalue weighted by Gasteiger charge is -2.11. The fraction of sp³-hybridized carbons (Fsp3) is 0.263. The van der Waals surface area contributed by atoms with Crippen LogP contribution in [0.25, 0.3) is 0 Å². The third-order valence-electron chi connectivity index (χ3n) is 3.80. The quantitative estimate of drug-likeness (QED) is 0.420. The Balaban J connectivity index is 2.01. The van der Waals surface area contributed by atoms with E-state index in [2.05, 4.69) is 5.32 Å². The maximum absolute atomic E-state index is 12.1. The predicted molar refractivity (Wildman–Crippen MR) is 100 cm³/mol. The summed E-state index contributed by atoms with van der Waals surface area (Å²) in [5.41, 5.74) is 1.69. The zero-order valence-corrected chi connectivity index (χ0v) is 15.7. The van der Waals surface area contributed by atoms with Crippen molar-refractivity contribution in [3.05, 3.63) is 63.2 Å². The number of amides is 1. The Morgan fingerprint density at radius 1 is 1.18 bits per heavy atom. The van der Waals surface area contributed by atoms with Gasteiger partial charge in [-0.3, -0.25) is 14.9 Å². The number of anilines is 1. The van der Waals surface area contributed by atoms with Gasteiger partial charge in [0.15, 0.2) is 12.4 Å². The lowest BCUT2D eigenvalue weighted by molar-refractivity contribution is -0.385. The number of carbonyl (C=O) groups is 2. The molecule has 0 heterocycles. The predicted octanol–water partition coefficient (Wildman–Crippen LogP) is 2.85. The third-order valence-corrected chi connectivity index (χ3v) is 3.80. The Morgan fingerprint density at radius 2 is 1.93 bits per heavy atom. The van der Waals surface area contributed by atoms with E-state index >= 15 is 0 Å². The number of esters is 1. The number of hydrogen-bond donors (Lipinski definition) is 1. The van der Waals surface area contributed by atoms with E-state index in [1.165, 1.54) is 19.2 Å². The van der Waals surface area contributed by atoms with Gasteiger partial charge in [0.1, 0.15) is 0 Å². The first-order valence-electron chi connectivity index (χ1n) is 8.23. The fourth-order valence-electron chi connectivity index (χ4n) is 2.47. The van der Waals surface area contributed by atoms with Crippen LogP contribution in [-0.2, 0) is 20.9 Å². The van der Waals surface area contributed by atoms with Crippen molar-refractivity contribution in [1.29, 1.82) is 0 Å². The van der Waals surface area contributed by atoms with Crippen LogP contribution < -0.4 is 10.1 Å². The summed E-state index contributed by atoms with van der Waals surface area (Å²) in [6, 6.07) is 9.33. The minimum absolute atomic E-state index is 0.0119. The first-order chi connectivity index (χ1) is 13.3. The molecule has 2 aromatic rings. The van der Waals surface area contributed by atoms with Crippen molar-refractivity contribution in [2.75, 3.05) is 26.1 Å². The number of aryl methyl sites for hydroxylation is 1. The van der Waals surface area contributed by atoms with E-state index in [1.807, 2.05) is 0 Å². The normalized spacial score (nSPS) is 10.2. The maximum Gasteiger partial charge on any atom is 0.338 e. The van der Waals surface area contributed by atoms with Gasteiger partial charge >= 0.3 is 11.7 Å². The Hall–Kier alpha value is -3.46. The molecule has 0 bridgehead atoms. The second-order valence-corrected chi connectivity index (χ2v) is 5.85. The van der Waals surface area contributed by atoms with Crippen molar-refractivity contribution in [3.8, 4) is 5.75 Å². The summed E-state index contributed by atoms with van der Waals surface area (Å²) in [6.07, 6.45) is 0. The van der Waals surface area contributed by atoms with E-state index in [0.717, 1.165) is 5.56 Å². The topological polar surface area (TPSA) is 117 Å². The number of benzene rings is 2. The van der Waals surface area contributed by atoms with Gasteiger partial charge in [-0.15, -0.1) is 0 Å². The first kappa shape index (κ1) is 20.8. The third kappa shape index (κ3) is 5.27. The van der Waals surface area contributed by atoms with Crippen molar-refractivity contribution in [2.45, 2.75) is 13.5 Å². The molecule has 0 aliphatic carbocycles. The van der Waals surface area contributed by atoms with Gasteiger partial charge < -0.3 is 19.5 Å². The minimum atomic E-state index is -0.647. The molecule has 0 spiro atoms. The summed E-state index contributed by atoms with van der Waals surface area (Å²) in [7, 11) is 2.84. The average Bonchev–Trinajstić information content (AvgIpc) is 2.67. The molecule has 9 heteroatoms. The first-order valence-corrected chi connectivity index (χ1v) is 8.23. The molecule has 0 fully saturated rings. The Morgan fingerprint density at radius 3 is 2.57 bits per heavy atom. The highest BCUT2D eigenvalue weighted by Gasteiger charge is 2.19. The molecule has 9 nitrogen and oxygen atoms in total. The lowest BCUT2D eigenvalue weighted by Crippen LogP contribution is -2.21. The number of nitro groups is 1. The number of ether oxygens (including phenoxy) is 3. The highest BCUT2D eigenvalue weighted by molar-refractivity contribution is 5.96. The molecule has 2 rings (SSSR count). The van der Waals surface area contributed by atoms with Crippen LogP contribution in [0.4, 0.5) is 11.4 Å². The SMILES string of the molecule is COCc1cccc(C(=O)OCC(=O)Nc2cc(OC)c([N+](=O)[O-])cc2C)c1. The van der Waals surface area contributed by atoms with Crippen molar-refractivity contribution in [3.63, 3.8) is 0 Å². The second kappa shape index (κ2) is 9.47. The Kier molecular flexibility index (Phi) is 7.05. The Labute approximate surface area is 161 Å². The molecule has 0 unspecified atom stereocenters. The van der Waals surface area contributed by atoms with Gasteiger partial charge in [0, 0.05) is 24.9 Å². The molecular weight excluding hydrogens is 368 g/mol. The van der Waals surface area contributed by atoms with Gasteiger partial charge in [0.25, 0.3) is 5.91 Å². The van der Waals surface area contributed by atoms with Crippen molar-refractivity contribution >= 4 is 23.3 Å². The van der Waals surface area contributed by atoms with Crippen LogP contribution in [-0.4, -0.2) is 37.6 Å². The van der Waals surface area contributed by atoms with Gasteiger partial charge in [-0.25, -0.2) is 4.79 Å². The molecule has 0 aromatic heterocycles. The summed E-state index contributed by atoms with van der Waals surface area (Å²) < 4.78 is 15.0. The fourth-order valence-corrected chi connectivity index (χ4v) is 2.47. The maximum atomic E-state index is 12.1. The lowest BCUT2D eigenvalue weighted by atomic mass is 10.1. The van der Waals surface area contributed by atoms with E-state index in [0.29, 0.717) is 23.4 Å². The van der Waals surface area contributed by atoms with Gasteiger partial charge in [0.2, 0.25) is 0 Å². The number of methoxy groups -OCH3 is 2. The molecule has 1 N–H and O–H groups in total. The average molecular weight is 388 g/mol. The molecular formula is C19H20N2O7. The molecule has 0 atom stereocenters. The van der Waals surface area contributed by atoms with Crippen LogP contribution in [0.3, 0.4) is 0 Å². The van der Waals surface area contributed by atoms with Crippen LogP contribution in [0.1, 0.15) is 21.5 Å². The molecule has 0 radical (unpaired) electrons. The monoisotopic (exact) mass is 388 g/mol. The largest absolute Gasteiger partial charge is 0.490 e. The van der Waals surface area contributed by atoms with E-state index in [4.69, 9.17) is 14.2 Å². The standard InChI is InChI=1S/C19H20N2O7/c1-12-7-16(21(24)25)17(27-3)9-15(12)20-18(22)11-28-19(23)14-6-4-5-13(8-14)10-26-2/h4-9H,10-11H2,1-3H3,(H,20,22). The molecule has 0 aliphatic rings. The van der Waals surface area contributed by atoms with E-state index in [-0.39, 0.29) is 11.4 Å². The number of nitrogens with zero attached hydrogens (tertiary/aromatic N) is 1. The van der Waals surface area contributed by atoms with Crippen LogP contribution in [0.2, 0.25) is 0 Å². The number of hydrogen-bond acceptors (Lipinski definition) is 7. The highest BCUT2D eigenvalue weighted by atomic mass is 16.6. The van der Waals surface area contributed by atoms with Gasteiger partial charge in [0.05, 0.1) is 24.2 Å². The summed E-state index contributed by atoms with van der Waals surface area (Å²) in [5.74, 6) is -1.22. The second-order valence-electron chi connectivity index (χ2n) is 5.85. The molecule has 0 aliphatic heterocycles. The molecule has 0 saturated heterocycles. The summed E-state index contributed by atoms with van der Waals surface area (Å²) in [5, 5.41) is 13.6. The van der Waals surface area contributed by atoms with Gasteiger partial charge in [-0.05, 0) is 30.2 Å². The van der Waals surface area contributed by atoms with Crippen LogP contribution in [0.15, 0.2) is 36.4 Å². The van der Waals surface area contributed by atoms with Crippen LogP contribution >= 0.6 is 0 Å². The zero-order chi connectivity index (χ0) is 20.7. The highest BCUT2D eigenvalue weighted by Crippen LogP contribution is 2.32. The van der Waals surface area contributed by atoms with Crippen molar-refractivity contribution in [1.82, 2.24) is 0 Å². The van der Waals surface area contributed by atoms with Crippen LogP contribution in [0.5, 0.6) is 5.75 Å². The minimum Gasteiger partial charge on any atom is -0.490 e. The molecule has 0 saturated carbocycles. The van der Waals surface area contributed by atoms with E-state index in [9.17, 15) is 19.7 Å². The van der Waals surface area contributed by atoms with Gasteiger partial charge in [-0.1, -0.05) is 12.1 Å². The summed E-state index contributed by atoms with van der Waals surface area (Å²) >= 11 is 0. The van der Waals surface area contributed by atoms with E-state index < -0.39 is 23.4 Å². The number of nitrogens with one attached hydrogen (secondary N) is 1. The van der Waals surface area contributed by atoms with E-state index in [1.54, 1.807) is 38.3 Å². The molecule has 1 amide bonds. The molecule has 148 valence electrons. The van der Waals surface area contributed by atoms with Crippen LogP contribution in [0, 0.1) is 17.0 Å². The number of carbonyl (C=O) groups excluding carboxylic acids is 2. The van der Waals surface area contributed by atoms with Crippen molar-refractivity contribution in [2.24, 2.45) is 0 Å². The van der Waals surface area contributed by atoms with Gasteiger partial charge in [-0.2, -0.15) is 0 Å². The summed E-state index contributed by atoms with van der Waals surface area (Å²) in [4.78, 5) is 34.7. The zero-order valence-electron chi connectivity index (χ0n) is 15.7. The summed E-state index contributed by atoms with van der Waals surface area (Å²) in [6.45, 7) is 1.45. The van der Waals surface area contributed by atoms with Crippen molar-refractivity contribution < 1.29 is 28.7 Å². The number of rotatable bonds is 8. The molecule has 28 heavy (non-hydrogen) atoms. The molecule has 2 aromatic carbocycles. The smallest absolute Gasteiger partial charge is 0.338 e.